The van der Waals surface area contributed by atoms with Crippen LogP contribution in [0.3, 0.4) is 0 Å². The van der Waals surface area contributed by atoms with E-state index in [-0.39, 0.29) is 0 Å². The first-order valence-corrected chi connectivity index (χ1v) is 7.18. The van der Waals surface area contributed by atoms with Crippen LogP contribution in [0.4, 0.5) is 0 Å². The van der Waals surface area contributed by atoms with Gasteiger partial charge in [0.15, 0.2) is 0 Å². The van der Waals surface area contributed by atoms with Gasteiger partial charge in [-0.05, 0) is 43.5 Å². The van der Waals surface area contributed by atoms with Gasteiger partial charge in [-0.2, -0.15) is 0 Å². The Morgan fingerprint density at radius 2 is 2.17 bits per heavy atom. The molecule has 2 nitrogen and oxygen atoms in total. The lowest BCUT2D eigenvalue weighted by Crippen LogP contribution is -2.43. The van der Waals surface area contributed by atoms with E-state index in [4.69, 9.17) is 16.3 Å². The van der Waals surface area contributed by atoms with Crippen molar-refractivity contribution in [1.82, 2.24) is 5.32 Å². The highest BCUT2D eigenvalue weighted by Gasteiger charge is 2.23. The molecule has 18 heavy (non-hydrogen) atoms. The van der Waals surface area contributed by atoms with Gasteiger partial charge in [-0.15, -0.1) is 0 Å². The molecule has 0 spiro atoms. The van der Waals surface area contributed by atoms with Crippen LogP contribution in [0.5, 0.6) is 0 Å². The minimum Gasteiger partial charge on any atom is -0.380 e. The number of benzene rings is 1. The number of hydrogen-bond donors (Lipinski definition) is 1. The second-order valence-electron chi connectivity index (χ2n) is 5.00. The van der Waals surface area contributed by atoms with Crippen molar-refractivity contribution < 1.29 is 4.74 Å². The Bertz CT molecular complexity index is 369. The number of hydrogen-bond acceptors (Lipinski definition) is 2. The number of rotatable bonds is 5. The van der Waals surface area contributed by atoms with Crippen LogP contribution in [0.15, 0.2) is 24.3 Å². The molecule has 1 aliphatic carbocycles. The van der Waals surface area contributed by atoms with Gasteiger partial charge >= 0.3 is 0 Å². The average molecular weight is 268 g/mol. The zero-order chi connectivity index (χ0) is 12.8. The fraction of sp³-hybridized carbons (Fsp3) is 0.600. The molecule has 1 fully saturated rings. The zero-order valence-corrected chi connectivity index (χ0v) is 11.7. The van der Waals surface area contributed by atoms with E-state index in [9.17, 15) is 0 Å². The van der Waals surface area contributed by atoms with Gasteiger partial charge < -0.3 is 10.1 Å². The number of nitrogens with one attached hydrogen (secondary N) is 1. The molecule has 2 rings (SSSR count). The Morgan fingerprint density at radius 1 is 1.33 bits per heavy atom. The molecule has 0 amide bonds. The van der Waals surface area contributed by atoms with Crippen LogP contribution in [0.25, 0.3) is 0 Å². The summed E-state index contributed by atoms with van der Waals surface area (Å²) in [6.07, 6.45) is 6.44. The maximum Gasteiger partial charge on any atom is 0.0724 e. The van der Waals surface area contributed by atoms with Gasteiger partial charge in [0, 0.05) is 18.2 Å². The molecule has 1 aliphatic rings. The zero-order valence-electron chi connectivity index (χ0n) is 11.0. The Morgan fingerprint density at radius 3 is 2.94 bits per heavy atom. The number of methoxy groups -OCH3 is 1. The summed E-state index contributed by atoms with van der Waals surface area (Å²) < 4.78 is 5.54. The van der Waals surface area contributed by atoms with Gasteiger partial charge in [0.2, 0.25) is 0 Å². The molecule has 3 heteroatoms. The van der Waals surface area contributed by atoms with Crippen LogP contribution < -0.4 is 5.32 Å². The molecule has 2 atom stereocenters. The van der Waals surface area contributed by atoms with E-state index in [0.717, 1.165) is 18.0 Å². The maximum absolute atomic E-state index is 5.98. The highest BCUT2D eigenvalue weighted by atomic mass is 35.5. The molecule has 0 aliphatic heterocycles. The molecule has 0 unspecified atom stereocenters. The second kappa shape index (κ2) is 7.13. The first-order chi connectivity index (χ1) is 8.79. The van der Waals surface area contributed by atoms with Crippen molar-refractivity contribution in [2.24, 2.45) is 0 Å². The third-order valence-electron chi connectivity index (χ3n) is 3.71. The first kappa shape index (κ1) is 13.9. The minimum atomic E-state index is 0.387. The van der Waals surface area contributed by atoms with E-state index < -0.39 is 0 Å². The van der Waals surface area contributed by atoms with Crippen LogP contribution >= 0.6 is 11.6 Å². The Kier molecular flexibility index (Phi) is 5.48. The smallest absolute Gasteiger partial charge is 0.0724 e. The van der Waals surface area contributed by atoms with Gasteiger partial charge in [0.1, 0.15) is 0 Å². The lowest BCUT2D eigenvalue weighted by atomic mass is 9.92. The van der Waals surface area contributed by atoms with Gasteiger partial charge in [0.25, 0.3) is 0 Å². The van der Waals surface area contributed by atoms with Crippen LogP contribution in [0.2, 0.25) is 5.02 Å². The van der Waals surface area contributed by atoms with Crippen molar-refractivity contribution in [3.05, 3.63) is 34.9 Å². The summed E-state index contributed by atoms with van der Waals surface area (Å²) in [5.74, 6) is 0. The maximum atomic E-state index is 5.98. The Labute approximate surface area is 115 Å². The summed E-state index contributed by atoms with van der Waals surface area (Å²) in [4.78, 5) is 0. The van der Waals surface area contributed by atoms with Crippen molar-refractivity contribution in [2.45, 2.75) is 44.2 Å². The molecule has 0 bridgehead atoms. The van der Waals surface area contributed by atoms with Crippen LogP contribution in [-0.2, 0) is 11.2 Å². The molecule has 0 radical (unpaired) electrons. The summed E-state index contributed by atoms with van der Waals surface area (Å²) in [6, 6.07) is 8.61. The number of halogens is 1. The molecule has 0 aromatic heterocycles. The highest BCUT2D eigenvalue weighted by molar-refractivity contribution is 6.30. The van der Waals surface area contributed by atoms with E-state index in [2.05, 4.69) is 11.4 Å². The van der Waals surface area contributed by atoms with Gasteiger partial charge in [-0.3, -0.25) is 0 Å². The van der Waals surface area contributed by atoms with Crippen LogP contribution in [0, 0.1) is 0 Å². The molecule has 100 valence electrons. The summed E-state index contributed by atoms with van der Waals surface area (Å²) in [5.41, 5.74) is 1.29. The third-order valence-corrected chi connectivity index (χ3v) is 3.95. The topological polar surface area (TPSA) is 21.3 Å². The minimum absolute atomic E-state index is 0.387. The lowest BCUT2D eigenvalue weighted by Gasteiger charge is -2.31. The van der Waals surface area contributed by atoms with Crippen molar-refractivity contribution in [3.8, 4) is 0 Å². The summed E-state index contributed by atoms with van der Waals surface area (Å²) in [7, 11) is 1.82. The second-order valence-corrected chi connectivity index (χ2v) is 5.44. The molecule has 0 saturated heterocycles. The highest BCUT2D eigenvalue weighted by Crippen LogP contribution is 2.20. The normalized spacial score (nSPS) is 24.1. The molecule has 0 heterocycles. The van der Waals surface area contributed by atoms with E-state index >= 15 is 0 Å². The van der Waals surface area contributed by atoms with Crippen molar-refractivity contribution in [2.75, 3.05) is 13.7 Å². The fourth-order valence-corrected chi connectivity index (χ4v) is 2.92. The molecule has 1 saturated carbocycles. The predicted octanol–water partition coefficient (Wildman–Crippen LogP) is 3.43. The van der Waals surface area contributed by atoms with Crippen LogP contribution in [-0.4, -0.2) is 25.8 Å². The van der Waals surface area contributed by atoms with E-state index in [1.165, 1.54) is 31.2 Å². The summed E-state index contributed by atoms with van der Waals surface area (Å²) >= 11 is 5.98. The molecular weight excluding hydrogens is 246 g/mol. The van der Waals surface area contributed by atoms with Crippen LogP contribution in [0.1, 0.15) is 31.2 Å². The van der Waals surface area contributed by atoms with Gasteiger partial charge in [-0.1, -0.05) is 36.6 Å². The van der Waals surface area contributed by atoms with E-state index in [1.54, 1.807) is 0 Å². The largest absolute Gasteiger partial charge is 0.380 e. The fourth-order valence-electron chi connectivity index (χ4n) is 2.71. The van der Waals surface area contributed by atoms with Crippen molar-refractivity contribution in [1.29, 1.82) is 0 Å². The SMILES string of the molecule is CO[C@@H]1CCCC[C@@H]1NCCc1cccc(Cl)c1. The monoisotopic (exact) mass is 267 g/mol. The van der Waals surface area contributed by atoms with E-state index in [0.29, 0.717) is 12.1 Å². The molecule has 1 aromatic rings. The molecule has 1 aromatic carbocycles. The van der Waals surface area contributed by atoms with E-state index in [1.807, 2.05) is 25.3 Å². The molecule has 1 N–H and O–H groups in total. The van der Waals surface area contributed by atoms with Crippen molar-refractivity contribution >= 4 is 11.6 Å². The predicted molar refractivity (Wildman–Crippen MR) is 76.2 cm³/mol. The average Bonchev–Trinajstić information content (AvgIpc) is 2.39. The van der Waals surface area contributed by atoms with Gasteiger partial charge in [-0.25, -0.2) is 0 Å². The van der Waals surface area contributed by atoms with Crippen molar-refractivity contribution in [3.63, 3.8) is 0 Å². The van der Waals surface area contributed by atoms with Gasteiger partial charge in [0.05, 0.1) is 6.10 Å². The molecular formula is C15H22ClNO. The summed E-state index contributed by atoms with van der Waals surface area (Å²) in [5, 5.41) is 4.44. The quantitative estimate of drug-likeness (QED) is 0.883. The lowest BCUT2D eigenvalue weighted by molar-refractivity contribution is 0.0421. The number of ether oxygens (including phenoxy) is 1. The standard InChI is InChI=1S/C15H22ClNO/c1-18-15-8-3-2-7-14(15)17-10-9-12-5-4-6-13(16)11-12/h4-6,11,14-15,17H,2-3,7-10H2,1H3/t14-,15+/m0/s1. The Hall–Kier alpha value is -0.570. The third kappa shape index (κ3) is 3.98. The Balaban J connectivity index is 1.77. The summed E-state index contributed by atoms with van der Waals surface area (Å²) in [6.45, 7) is 0.991. The first-order valence-electron chi connectivity index (χ1n) is 6.80.